The van der Waals surface area contributed by atoms with E-state index in [0.29, 0.717) is 0 Å². The Morgan fingerprint density at radius 2 is 2.12 bits per heavy atom. The second-order valence-electron chi connectivity index (χ2n) is 3.75. The van der Waals surface area contributed by atoms with Crippen molar-refractivity contribution in [3.05, 3.63) is 24.3 Å². The number of para-hydroxylation sites is 1. The third kappa shape index (κ3) is 2.17. The summed E-state index contributed by atoms with van der Waals surface area (Å²) in [6.07, 6.45) is 0. The van der Waals surface area contributed by atoms with E-state index in [1.54, 1.807) is 11.3 Å². The van der Waals surface area contributed by atoms with E-state index in [1.807, 2.05) is 6.07 Å². The Hall–Kier alpha value is -0.377. The van der Waals surface area contributed by atoms with Crippen LogP contribution in [0.4, 0.5) is 5.13 Å². The third-order valence-corrected chi connectivity index (χ3v) is 3.63. The van der Waals surface area contributed by atoms with Crippen molar-refractivity contribution in [1.29, 1.82) is 0 Å². The van der Waals surface area contributed by atoms with Gasteiger partial charge in [-0.05, 0) is 19.2 Å². The van der Waals surface area contributed by atoms with Crippen molar-refractivity contribution < 1.29 is 21.1 Å². The molecule has 0 aliphatic carbocycles. The van der Waals surface area contributed by atoms with Gasteiger partial charge in [-0.2, -0.15) is 0 Å². The molecule has 1 saturated heterocycles. The zero-order valence-electron chi connectivity index (χ0n) is 8.87. The summed E-state index contributed by atoms with van der Waals surface area (Å²) in [4.78, 5) is 9.02. The average molecular weight is 411 g/mol. The Morgan fingerprint density at radius 3 is 2.81 bits per heavy atom. The van der Waals surface area contributed by atoms with Gasteiger partial charge in [0.2, 0.25) is 0 Å². The molecule has 6 heteroatoms. The standard InChI is InChI=1S/C10H11BN3S.Pt/c1-13-6-7-14(11-13)10-12-8-4-2-3-5-9(8)15-10;/h2-5H,6-7H2,1H3;. The van der Waals surface area contributed by atoms with Crippen LogP contribution < -0.4 is 4.81 Å². The van der Waals surface area contributed by atoms with Crippen molar-refractivity contribution in [1.82, 2.24) is 9.79 Å². The zero-order valence-corrected chi connectivity index (χ0v) is 12.0. The average Bonchev–Trinajstić information content (AvgIpc) is 2.82. The molecule has 2 aromatic rings. The predicted octanol–water partition coefficient (Wildman–Crippen LogP) is 1.58. The van der Waals surface area contributed by atoms with Gasteiger partial charge in [0.05, 0.1) is 10.2 Å². The molecule has 0 amide bonds. The molecular weight excluding hydrogens is 400 g/mol. The summed E-state index contributed by atoms with van der Waals surface area (Å²) in [6, 6.07) is 8.28. The first-order chi connectivity index (χ1) is 7.33. The Balaban J connectivity index is 0.000000963. The molecule has 0 atom stereocenters. The van der Waals surface area contributed by atoms with Crippen LogP contribution in [0.2, 0.25) is 0 Å². The summed E-state index contributed by atoms with van der Waals surface area (Å²) < 4.78 is 1.26. The molecule has 3 rings (SSSR count). The summed E-state index contributed by atoms with van der Waals surface area (Å²) in [5.41, 5.74) is 1.10. The van der Waals surface area contributed by atoms with Gasteiger partial charge in [0.15, 0.2) is 5.13 Å². The van der Waals surface area contributed by atoms with Crippen LogP contribution in [0.3, 0.4) is 0 Å². The molecule has 1 aliphatic heterocycles. The summed E-state index contributed by atoms with van der Waals surface area (Å²) >= 11 is 1.75. The second kappa shape index (κ2) is 4.86. The number of anilines is 1. The number of aromatic nitrogens is 1. The molecule has 3 nitrogen and oxygen atoms in total. The van der Waals surface area contributed by atoms with Crippen molar-refractivity contribution in [3.8, 4) is 0 Å². The number of nitrogens with zero attached hydrogens (tertiary/aromatic N) is 3. The number of fused-ring (bicyclic) bond motifs is 1. The first kappa shape index (κ1) is 12.1. The minimum absolute atomic E-state index is 0. The molecule has 0 N–H and O–H groups in total. The number of benzene rings is 1. The molecule has 2 heterocycles. The van der Waals surface area contributed by atoms with Crippen LogP contribution in [0, 0.1) is 0 Å². The summed E-state index contributed by atoms with van der Waals surface area (Å²) in [6.45, 7) is 2.12. The number of hydrogen-bond acceptors (Lipinski definition) is 4. The first-order valence-electron chi connectivity index (χ1n) is 5.00. The van der Waals surface area contributed by atoms with E-state index >= 15 is 0 Å². The first-order valence-corrected chi connectivity index (χ1v) is 5.82. The van der Waals surface area contributed by atoms with E-state index in [1.165, 1.54) is 4.70 Å². The van der Waals surface area contributed by atoms with E-state index in [2.05, 4.69) is 47.4 Å². The molecule has 0 saturated carbocycles. The van der Waals surface area contributed by atoms with Gasteiger partial charge in [-0.1, -0.05) is 23.5 Å². The van der Waals surface area contributed by atoms with E-state index in [-0.39, 0.29) is 21.1 Å². The van der Waals surface area contributed by atoms with Crippen molar-refractivity contribution in [2.24, 2.45) is 0 Å². The molecule has 16 heavy (non-hydrogen) atoms. The maximum Gasteiger partial charge on any atom is 0.353 e. The molecule has 85 valence electrons. The van der Waals surface area contributed by atoms with Gasteiger partial charge in [-0.15, -0.1) is 0 Å². The van der Waals surface area contributed by atoms with Gasteiger partial charge in [0.25, 0.3) is 0 Å². The van der Waals surface area contributed by atoms with Crippen molar-refractivity contribution in [2.45, 2.75) is 0 Å². The molecule has 0 bridgehead atoms. The van der Waals surface area contributed by atoms with Crippen molar-refractivity contribution in [2.75, 3.05) is 24.9 Å². The fourth-order valence-corrected chi connectivity index (χ4v) is 2.71. The Bertz CT molecular complexity index is 457. The maximum atomic E-state index is 4.62. The molecule has 1 aromatic heterocycles. The van der Waals surface area contributed by atoms with Crippen LogP contribution in [-0.2, 0) is 21.1 Å². The third-order valence-electron chi connectivity index (χ3n) is 2.56. The molecule has 1 aromatic carbocycles. The van der Waals surface area contributed by atoms with Crippen LogP contribution in [0.25, 0.3) is 10.2 Å². The number of hydrogen-bond donors (Lipinski definition) is 0. The van der Waals surface area contributed by atoms with Gasteiger partial charge in [0, 0.05) is 34.2 Å². The Kier molecular flexibility index (Phi) is 3.67. The molecular formula is C10H11BN3PtS. The number of likely N-dealkylation sites (N-methyl/N-ethyl adjacent to an activating group) is 1. The number of rotatable bonds is 1. The molecule has 1 aliphatic rings. The van der Waals surface area contributed by atoms with Crippen molar-refractivity contribution in [3.63, 3.8) is 0 Å². The zero-order chi connectivity index (χ0) is 10.3. The molecule has 0 spiro atoms. The van der Waals surface area contributed by atoms with E-state index < -0.39 is 0 Å². The smallest absolute Gasteiger partial charge is 0.353 e. The van der Waals surface area contributed by atoms with Crippen LogP contribution in [0.5, 0.6) is 0 Å². The summed E-state index contributed by atoms with van der Waals surface area (Å²) in [5.74, 6) is 0. The quantitative estimate of drug-likeness (QED) is 0.665. The van der Waals surface area contributed by atoms with Crippen LogP contribution in [-0.4, -0.2) is 37.5 Å². The van der Waals surface area contributed by atoms with Crippen LogP contribution >= 0.6 is 11.3 Å². The fraction of sp³-hybridized carbons (Fsp3) is 0.300. The van der Waals surface area contributed by atoms with Crippen LogP contribution in [0.15, 0.2) is 24.3 Å². The van der Waals surface area contributed by atoms with E-state index in [4.69, 9.17) is 0 Å². The summed E-state index contributed by atoms with van der Waals surface area (Å²) in [7, 11) is 4.21. The van der Waals surface area contributed by atoms with Gasteiger partial charge < -0.3 is 9.62 Å². The van der Waals surface area contributed by atoms with Crippen LogP contribution in [0.1, 0.15) is 0 Å². The minimum Gasteiger partial charge on any atom is -0.379 e. The predicted molar refractivity (Wildman–Crippen MR) is 65.4 cm³/mol. The van der Waals surface area contributed by atoms with Crippen molar-refractivity contribution >= 4 is 34.2 Å². The van der Waals surface area contributed by atoms with E-state index in [9.17, 15) is 0 Å². The maximum absolute atomic E-state index is 4.62. The normalized spacial score (nSPS) is 16.2. The Labute approximate surface area is 114 Å². The van der Waals surface area contributed by atoms with E-state index in [0.717, 1.165) is 23.7 Å². The SMILES string of the molecule is CN1[B]N(c2nc3ccccc3s2)CC1.[Pt]. The molecule has 1 radical (unpaired) electrons. The number of thiazole rings is 1. The largest absolute Gasteiger partial charge is 0.379 e. The summed E-state index contributed by atoms with van der Waals surface area (Å²) in [5, 5.41) is 1.10. The minimum atomic E-state index is 0. The van der Waals surface area contributed by atoms with Gasteiger partial charge in [-0.25, -0.2) is 4.98 Å². The second-order valence-corrected chi connectivity index (χ2v) is 4.76. The van der Waals surface area contributed by atoms with Gasteiger partial charge >= 0.3 is 7.55 Å². The molecule has 0 unspecified atom stereocenters. The monoisotopic (exact) mass is 411 g/mol. The van der Waals surface area contributed by atoms with Gasteiger partial charge in [0.1, 0.15) is 0 Å². The fourth-order valence-electron chi connectivity index (χ4n) is 1.75. The Morgan fingerprint density at radius 1 is 1.31 bits per heavy atom. The molecule has 1 fully saturated rings. The van der Waals surface area contributed by atoms with Gasteiger partial charge in [-0.3, -0.25) is 0 Å². The topological polar surface area (TPSA) is 19.4 Å².